The minimum absolute atomic E-state index is 0.0631. The van der Waals surface area contributed by atoms with Crippen molar-refractivity contribution in [1.29, 1.82) is 0 Å². The molecule has 0 aromatic carbocycles. The number of rotatable bonds is 4. The highest BCUT2D eigenvalue weighted by Crippen LogP contribution is 2.12. The first-order valence-corrected chi connectivity index (χ1v) is 5.78. The average molecular weight is 214 g/mol. The highest BCUT2D eigenvalue weighted by atomic mass is 32.2. The molecule has 0 aliphatic heterocycles. The van der Waals surface area contributed by atoms with Crippen molar-refractivity contribution in [3.8, 4) is 0 Å². The van der Waals surface area contributed by atoms with Crippen molar-refractivity contribution in [3.63, 3.8) is 0 Å². The van der Waals surface area contributed by atoms with E-state index in [1.807, 2.05) is 13.2 Å². The van der Waals surface area contributed by atoms with Crippen LogP contribution in [-0.4, -0.2) is 24.1 Å². The first-order valence-electron chi connectivity index (χ1n) is 4.39. The molecule has 1 atom stereocenters. The van der Waals surface area contributed by atoms with Gasteiger partial charge in [0.15, 0.2) is 0 Å². The van der Waals surface area contributed by atoms with Crippen molar-refractivity contribution in [1.82, 2.24) is 0 Å². The number of hydrogen-bond donors (Lipinski definition) is 0. The molecule has 0 N–H and O–H groups in total. The summed E-state index contributed by atoms with van der Waals surface area (Å²) in [4.78, 5) is 11.5. The number of esters is 1. The van der Waals surface area contributed by atoms with Crippen molar-refractivity contribution in [2.45, 2.75) is 20.0 Å². The summed E-state index contributed by atoms with van der Waals surface area (Å²) in [6, 6.07) is 1.63. The molecule has 1 aromatic heterocycles. The van der Waals surface area contributed by atoms with Crippen LogP contribution in [0.3, 0.4) is 0 Å². The molecule has 3 nitrogen and oxygen atoms in total. The number of hydrogen-bond acceptors (Lipinski definition) is 4. The van der Waals surface area contributed by atoms with Crippen LogP contribution in [0.2, 0.25) is 0 Å². The molecule has 0 fully saturated rings. The van der Waals surface area contributed by atoms with E-state index in [1.165, 1.54) is 6.26 Å². The van der Waals surface area contributed by atoms with E-state index in [1.54, 1.807) is 24.8 Å². The van der Waals surface area contributed by atoms with Gasteiger partial charge in [-0.05, 0) is 26.2 Å². The average Bonchev–Trinajstić information content (AvgIpc) is 2.51. The Balaban J connectivity index is 2.55. The maximum absolute atomic E-state index is 11.5. The Bertz CT molecular complexity index is 306. The van der Waals surface area contributed by atoms with Crippen LogP contribution in [-0.2, 0) is 4.74 Å². The Kier molecular flexibility index (Phi) is 4.07. The van der Waals surface area contributed by atoms with Crippen LogP contribution in [0.1, 0.15) is 23.0 Å². The Labute approximate surface area is 87.8 Å². The molecule has 1 aromatic rings. The largest absolute Gasteiger partial charge is 0.469 e. The third kappa shape index (κ3) is 2.80. The normalized spacial score (nSPS) is 12.5. The highest BCUT2D eigenvalue weighted by Gasteiger charge is 2.15. The van der Waals surface area contributed by atoms with Crippen molar-refractivity contribution in [3.05, 3.63) is 23.7 Å². The van der Waals surface area contributed by atoms with Crippen molar-refractivity contribution < 1.29 is 13.9 Å². The predicted octanol–water partition coefficient (Wildman–Crippen LogP) is 2.50. The molecule has 1 rings (SSSR count). The van der Waals surface area contributed by atoms with E-state index in [2.05, 4.69) is 0 Å². The topological polar surface area (TPSA) is 39.4 Å². The number of aryl methyl sites for hydroxylation is 1. The summed E-state index contributed by atoms with van der Waals surface area (Å²) >= 11 is 1.65. The van der Waals surface area contributed by atoms with E-state index in [0.29, 0.717) is 11.3 Å². The van der Waals surface area contributed by atoms with Gasteiger partial charge in [-0.2, -0.15) is 11.8 Å². The van der Waals surface area contributed by atoms with Crippen LogP contribution in [0, 0.1) is 6.92 Å². The van der Waals surface area contributed by atoms with E-state index in [0.717, 1.165) is 5.75 Å². The van der Waals surface area contributed by atoms with E-state index < -0.39 is 0 Å². The molecule has 0 saturated heterocycles. The zero-order valence-corrected chi connectivity index (χ0v) is 9.39. The van der Waals surface area contributed by atoms with E-state index >= 15 is 0 Å². The minimum atomic E-state index is -0.308. The lowest BCUT2D eigenvalue weighted by molar-refractivity contribution is 0.0384. The monoisotopic (exact) mass is 214 g/mol. The molecule has 1 heterocycles. The summed E-state index contributed by atoms with van der Waals surface area (Å²) in [5.74, 6) is 1.10. The molecule has 0 aliphatic rings. The second kappa shape index (κ2) is 5.10. The molecular weight excluding hydrogens is 200 g/mol. The van der Waals surface area contributed by atoms with Crippen molar-refractivity contribution >= 4 is 17.7 Å². The first-order chi connectivity index (χ1) is 6.65. The summed E-state index contributed by atoms with van der Waals surface area (Å²) in [6.45, 7) is 3.62. The van der Waals surface area contributed by atoms with Crippen LogP contribution in [0.4, 0.5) is 0 Å². The predicted molar refractivity (Wildman–Crippen MR) is 56.7 cm³/mol. The molecular formula is C10H14O3S. The molecule has 0 spiro atoms. The van der Waals surface area contributed by atoms with Gasteiger partial charge in [0.2, 0.25) is 0 Å². The van der Waals surface area contributed by atoms with Gasteiger partial charge in [0.05, 0.1) is 6.26 Å². The summed E-state index contributed by atoms with van der Waals surface area (Å²) in [6.07, 6.45) is 3.41. The lowest BCUT2D eigenvalue weighted by atomic mass is 10.2. The summed E-state index contributed by atoms with van der Waals surface area (Å²) in [5.41, 5.74) is 0.512. The third-order valence-corrected chi connectivity index (χ3v) is 2.59. The van der Waals surface area contributed by atoms with Gasteiger partial charge >= 0.3 is 5.97 Å². The van der Waals surface area contributed by atoms with Gasteiger partial charge in [-0.1, -0.05) is 0 Å². The summed E-state index contributed by atoms with van der Waals surface area (Å²) in [7, 11) is 0. The summed E-state index contributed by atoms with van der Waals surface area (Å²) < 4.78 is 10.2. The van der Waals surface area contributed by atoms with Gasteiger partial charge in [-0.15, -0.1) is 0 Å². The molecule has 14 heavy (non-hydrogen) atoms. The summed E-state index contributed by atoms with van der Waals surface area (Å²) in [5, 5.41) is 0. The zero-order valence-electron chi connectivity index (χ0n) is 8.57. The first kappa shape index (κ1) is 11.2. The number of carbonyl (C=O) groups excluding carboxylic acids is 1. The lowest BCUT2D eigenvalue weighted by Crippen LogP contribution is -2.17. The SMILES string of the molecule is CSC[C@@H](C)OC(=O)c1ccoc1C. The molecule has 0 aliphatic carbocycles. The number of carbonyl (C=O) groups is 1. The van der Waals surface area contributed by atoms with Crippen LogP contribution in [0.15, 0.2) is 16.7 Å². The molecule has 0 bridgehead atoms. The lowest BCUT2D eigenvalue weighted by Gasteiger charge is -2.10. The maximum Gasteiger partial charge on any atom is 0.341 e. The Hall–Kier alpha value is -0.900. The van der Waals surface area contributed by atoms with E-state index in [9.17, 15) is 4.79 Å². The quantitative estimate of drug-likeness (QED) is 0.722. The second-order valence-corrected chi connectivity index (χ2v) is 3.97. The minimum Gasteiger partial charge on any atom is -0.469 e. The molecule has 0 radical (unpaired) electrons. The van der Waals surface area contributed by atoms with E-state index in [-0.39, 0.29) is 12.1 Å². The van der Waals surface area contributed by atoms with E-state index in [4.69, 9.17) is 9.15 Å². The van der Waals surface area contributed by atoms with Crippen LogP contribution in [0.25, 0.3) is 0 Å². The molecule has 0 unspecified atom stereocenters. The highest BCUT2D eigenvalue weighted by molar-refractivity contribution is 7.98. The standard InChI is InChI=1S/C10H14O3S/c1-7(6-14-3)13-10(11)9-4-5-12-8(9)2/h4-5,7H,6H2,1-3H3/t7-/m1/s1. The molecule has 0 amide bonds. The van der Waals surface area contributed by atoms with Gasteiger partial charge in [0.1, 0.15) is 17.4 Å². The van der Waals surface area contributed by atoms with Gasteiger partial charge in [0, 0.05) is 5.75 Å². The molecule has 0 saturated carbocycles. The fourth-order valence-corrected chi connectivity index (χ4v) is 1.65. The Morgan fingerprint density at radius 3 is 2.93 bits per heavy atom. The van der Waals surface area contributed by atoms with Crippen molar-refractivity contribution in [2.24, 2.45) is 0 Å². The zero-order chi connectivity index (χ0) is 10.6. The van der Waals surface area contributed by atoms with Crippen LogP contribution < -0.4 is 0 Å². The maximum atomic E-state index is 11.5. The Morgan fingerprint density at radius 1 is 1.71 bits per heavy atom. The van der Waals surface area contributed by atoms with Crippen LogP contribution >= 0.6 is 11.8 Å². The number of thioether (sulfide) groups is 1. The molecule has 78 valence electrons. The second-order valence-electron chi connectivity index (χ2n) is 3.06. The van der Waals surface area contributed by atoms with Gasteiger partial charge in [-0.3, -0.25) is 0 Å². The number of furan rings is 1. The van der Waals surface area contributed by atoms with Gasteiger partial charge < -0.3 is 9.15 Å². The van der Waals surface area contributed by atoms with Crippen molar-refractivity contribution in [2.75, 3.05) is 12.0 Å². The fourth-order valence-electron chi connectivity index (χ4n) is 1.11. The van der Waals surface area contributed by atoms with Crippen LogP contribution in [0.5, 0.6) is 0 Å². The van der Waals surface area contributed by atoms with Gasteiger partial charge in [-0.25, -0.2) is 4.79 Å². The Morgan fingerprint density at radius 2 is 2.43 bits per heavy atom. The van der Waals surface area contributed by atoms with Gasteiger partial charge in [0.25, 0.3) is 0 Å². The molecule has 4 heteroatoms. The number of ether oxygens (including phenoxy) is 1. The smallest absolute Gasteiger partial charge is 0.341 e. The fraction of sp³-hybridized carbons (Fsp3) is 0.500. The third-order valence-electron chi connectivity index (χ3n) is 1.79.